The Labute approximate surface area is 160 Å². The molecule has 1 aliphatic heterocycles. The Bertz CT molecular complexity index is 1090. The molecule has 0 radical (unpaired) electrons. The summed E-state index contributed by atoms with van der Waals surface area (Å²) in [5.41, 5.74) is 8.84. The molecule has 0 saturated carbocycles. The van der Waals surface area contributed by atoms with Crippen LogP contribution in [0, 0.1) is 22.7 Å². The van der Waals surface area contributed by atoms with Crippen molar-refractivity contribution in [1.82, 2.24) is 19.5 Å². The molecule has 3 aromatic rings. The number of benzene rings is 1. The molecule has 2 N–H and O–H groups in total. The predicted molar refractivity (Wildman–Crippen MR) is 100.0 cm³/mol. The number of fused-ring (bicyclic) bond motifs is 1. The first-order valence-corrected chi connectivity index (χ1v) is 8.85. The average molecular weight is 376 g/mol. The van der Waals surface area contributed by atoms with Crippen molar-refractivity contribution in [2.45, 2.75) is 25.2 Å². The summed E-state index contributed by atoms with van der Waals surface area (Å²) in [6.07, 6.45) is 2.27. The molecule has 0 spiro atoms. The summed E-state index contributed by atoms with van der Waals surface area (Å²) < 4.78 is 15.8. The highest BCUT2D eigenvalue weighted by Crippen LogP contribution is 2.27. The minimum atomic E-state index is -1.02. The predicted octanol–water partition coefficient (Wildman–Crippen LogP) is 1.49. The van der Waals surface area contributed by atoms with Crippen LogP contribution in [0.25, 0.3) is 11.0 Å². The Morgan fingerprint density at radius 1 is 1.21 bits per heavy atom. The molecule has 0 amide bonds. The average Bonchev–Trinajstić information content (AvgIpc) is 3.08. The number of imidazole rings is 1. The number of hydrogen-bond donors (Lipinski definition) is 1. The van der Waals surface area contributed by atoms with Crippen LogP contribution in [0.3, 0.4) is 0 Å². The molecule has 8 nitrogen and oxygen atoms in total. The lowest BCUT2D eigenvalue weighted by molar-refractivity contribution is 0.243. The summed E-state index contributed by atoms with van der Waals surface area (Å²) in [5.74, 6) is 0.651. The third-order valence-corrected chi connectivity index (χ3v) is 4.85. The van der Waals surface area contributed by atoms with E-state index in [1.165, 1.54) is 6.20 Å². The minimum Gasteiger partial charge on any atom is -0.340 e. The summed E-state index contributed by atoms with van der Waals surface area (Å²) in [6.45, 7) is 1.21. The number of nitrogens with two attached hydrogens (primary N) is 1. The number of halogens is 1. The number of alkyl halides is 1. The first-order chi connectivity index (χ1) is 13.6. The Hall–Kier alpha value is -3.56. The van der Waals surface area contributed by atoms with E-state index >= 15 is 0 Å². The van der Waals surface area contributed by atoms with Gasteiger partial charge in [-0.05, 0) is 24.6 Å². The molecule has 1 saturated heterocycles. The van der Waals surface area contributed by atoms with Crippen molar-refractivity contribution in [1.29, 1.82) is 10.5 Å². The van der Waals surface area contributed by atoms with E-state index in [1.807, 2.05) is 15.5 Å². The molecular formula is C19H17FN8. The Kier molecular flexibility index (Phi) is 4.60. The van der Waals surface area contributed by atoms with E-state index < -0.39 is 12.2 Å². The van der Waals surface area contributed by atoms with Crippen LogP contribution in [0.2, 0.25) is 0 Å². The fourth-order valence-corrected chi connectivity index (χ4v) is 3.37. The molecule has 0 aliphatic carbocycles. The quantitative estimate of drug-likeness (QED) is 0.735. The van der Waals surface area contributed by atoms with E-state index in [4.69, 9.17) is 16.0 Å². The minimum absolute atomic E-state index is 0.238. The zero-order valence-corrected chi connectivity index (χ0v) is 15.0. The molecule has 2 aromatic heterocycles. The molecule has 28 heavy (non-hydrogen) atoms. The second-order valence-electron chi connectivity index (χ2n) is 6.73. The van der Waals surface area contributed by atoms with Gasteiger partial charge in [-0.2, -0.15) is 10.5 Å². The SMILES string of the molecule is N#Cc1ccc2nc(N3CC[C@@H](F)[C@H](N)C3)n(Cc3cnc(C#N)cn3)c2c1. The largest absolute Gasteiger partial charge is 0.340 e. The highest BCUT2D eigenvalue weighted by atomic mass is 19.1. The molecule has 3 heterocycles. The number of anilines is 1. The van der Waals surface area contributed by atoms with Gasteiger partial charge >= 0.3 is 0 Å². The van der Waals surface area contributed by atoms with Crippen LogP contribution in [-0.4, -0.2) is 44.8 Å². The second kappa shape index (κ2) is 7.22. The van der Waals surface area contributed by atoms with Crippen LogP contribution >= 0.6 is 0 Å². The van der Waals surface area contributed by atoms with Crippen molar-refractivity contribution in [2.75, 3.05) is 18.0 Å². The number of hydrogen-bond acceptors (Lipinski definition) is 7. The van der Waals surface area contributed by atoms with Gasteiger partial charge in [0.1, 0.15) is 12.2 Å². The van der Waals surface area contributed by atoms with Crippen LogP contribution < -0.4 is 10.6 Å². The molecule has 1 aromatic carbocycles. The van der Waals surface area contributed by atoms with Gasteiger partial charge in [-0.15, -0.1) is 0 Å². The van der Waals surface area contributed by atoms with Crippen LogP contribution in [0.1, 0.15) is 23.4 Å². The van der Waals surface area contributed by atoms with E-state index in [9.17, 15) is 9.65 Å². The van der Waals surface area contributed by atoms with Crippen molar-refractivity contribution in [2.24, 2.45) is 5.73 Å². The van der Waals surface area contributed by atoms with E-state index in [1.54, 1.807) is 24.4 Å². The maximum absolute atomic E-state index is 13.8. The molecule has 2 atom stereocenters. The molecule has 4 rings (SSSR count). The highest BCUT2D eigenvalue weighted by Gasteiger charge is 2.29. The van der Waals surface area contributed by atoms with Gasteiger partial charge in [-0.3, -0.25) is 4.98 Å². The van der Waals surface area contributed by atoms with Crippen molar-refractivity contribution >= 4 is 17.0 Å². The third-order valence-electron chi connectivity index (χ3n) is 4.85. The monoisotopic (exact) mass is 376 g/mol. The van der Waals surface area contributed by atoms with Gasteiger partial charge in [-0.1, -0.05) is 0 Å². The maximum atomic E-state index is 13.8. The Morgan fingerprint density at radius 3 is 2.75 bits per heavy atom. The maximum Gasteiger partial charge on any atom is 0.206 e. The molecular weight excluding hydrogens is 359 g/mol. The number of rotatable bonds is 3. The molecule has 1 fully saturated rings. The number of nitrogens with zero attached hydrogens (tertiary/aromatic N) is 7. The van der Waals surface area contributed by atoms with Crippen molar-refractivity contribution in [3.63, 3.8) is 0 Å². The summed E-state index contributed by atoms with van der Waals surface area (Å²) in [6, 6.07) is 8.78. The summed E-state index contributed by atoms with van der Waals surface area (Å²) >= 11 is 0. The molecule has 140 valence electrons. The molecule has 0 unspecified atom stereocenters. The number of piperidine rings is 1. The Balaban J connectivity index is 1.78. The van der Waals surface area contributed by atoms with Crippen LogP contribution in [0.15, 0.2) is 30.6 Å². The number of nitriles is 2. The smallest absolute Gasteiger partial charge is 0.206 e. The Morgan fingerprint density at radius 2 is 2.07 bits per heavy atom. The number of aromatic nitrogens is 4. The van der Waals surface area contributed by atoms with Crippen LogP contribution in [-0.2, 0) is 6.54 Å². The topological polar surface area (TPSA) is 120 Å². The second-order valence-corrected chi connectivity index (χ2v) is 6.73. The standard InChI is InChI=1S/C19H17FN8/c20-15-3-4-27(11-16(15)23)19-26-17-2-1-12(6-21)5-18(17)28(19)10-14-9-24-13(7-22)8-25-14/h1-2,5,8-9,15-16H,3-4,10-11,23H2/t15-,16-/m1/s1. The first kappa shape index (κ1) is 17.8. The van der Waals surface area contributed by atoms with Gasteiger partial charge in [-0.25, -0.2) is 14.4 Å². The summed E-state index contributed by atoms with van der Waals surface area (Å²) in [7, 11) is 0. The molecule has 0 bridgehead atoms. The van der Waals surface area contributed by atoms with E-state index in [-0.39, 0.29) is 5.69 Å². The van der Waals surface area contributed by atoms with Gasteiger partial charge in [0.15, 0.2) is 5.69 Å². The lowest BCUT2D eigenvalue weighted by Crippen LogP contribution is -2.50. The molecule has 1 aliphatic rings. The normalized spacial score (nSPS) is 19.4. The summed E-state index contributed by atoms with van der Waals surface area (Å²) in [5, 5.41) is 18.2. The fourth-order valence-electron chi connectivity index (χ4n) is 3.37. The fraction of sp³-hybridized carbons (Fsp3) is 0.316. The first-order valence-electron chi connectivity index (χ1n) is 8.85. The van der Waals surface area contributed by atoms with Gasteiger partial charge in [0.25, 0.3) is 0 Å². The van der Waals surface area contributed by atoms with Crippen LogP contribution in [0.4, 0.5) is 10.3 Å². The van der Waals surface area contributed by atoms with Gasteiger partial charge in [0.05, 0.1) is 53.3 Å². The lowest BCUT2D eigenvalue weighted by atomic mass is 10.1. The van der Waals surface area contributed by atoms with Crippen molar-refractivity contribution < 1.29 is 4.39 Å². The van der Waals surface area contributed by atoms with Gasteiger partial charge < -0.3 is 15.2 Å². The highest BCUT2D eigenvalue weighted by molar-refractivity contribution is 5.80. The zero-order chi connectivity index (χ0) is 19.7. The van der Waals surface area contributed by atoms with E-state index in [2.05, 4.69) is 16.0 Å². The van der Waals surface area contributed by atoms with E-state index in [0.29, 0.717) is 43.3 Å². The molecule has 9 heteroatoms. The van der Waals surface area contributed by atoms with Gasteiger partial charge in [0, 0.05) is 13.1 Å². The van der Waals surface area contributed by atoms with Crippen LogP contribution in [0.5, 0.6) is 0 Å². The van der Waals surface area contributed by atoms with Gasteiger partial charge in [0.2, 0.25) is 5.95 Å². The van der Waals surface area contributed by atoms with E-state index in [0.717, 1.165) is 11.0 Å². The zero-order valence-electron chi connectivity index (χ0n) is 15.0. The summed E-state index contributed by atoms with van der Waals surface area (Å²) in [4.78, 5) is 15.0. The third kappa shape index (κ3) is 3.24. The van der Waals surface area contributed by atoms with Crippen molar-refractivity contribution in [3.8, 4) is 12.1 Å². The lowest BCUT2D eigenvalue weighted by Gasteiger charge is -2.34. The van der Waals surface area contributed by atoms with Crippen molar-refractivity contribution in [3.05, 3.63) is 47.5 Å².